The molecule has 0 bridgehead atoms. The number of aromatic nitrogens is 2. The molecule has 0 aliphatic heterocycles. The van der Waals surface area contributed by atoms with Crippen LogP contribution in [0.2, 0.25) is 0 Å². The lowest BCUT2D eigenvalue weighted by atomic mass is 10.3. The van der Waals surface area contributed by atoms with E-state index in [1.807, 2.05) is 17.5 Å². The van der Waals surface area contributed by atoms with E-state index in [0.717, 1.165) is 16.3 Å². The predicted octanol–water partition coefficient (Wildman–Crippen LogP) is 1.70. The lowest BCUT2D eigenvalue weighted by Gasteiger charge is -1.92. The van der Waals surface area contributed by atoms with Crippen LogP contribution < -0.4 is 0 Å². The van der Waals surface area contributed by atoms with Crippen LogP contribution in [0.1, 0.15) is 5.69 Å². The molecule has 4 heteroatoms. The molecule has 0 radical (unpaired) electrons. The van der Waals surface area contributed by atoms with E-state index in [-0.39, 0.29) is 6.61 Å². The van der Waals surface area contributed by atoms with Gasteiger partial charge in [0.05, 0.1) is 12.3 Å². The number of aliphatic hydroxyl groups is 1. The van der Waals surface area contributed by atoms with Crippen molar-refractivity contribution in [3.05, 3.63) is 35.6 Å². The van der Waals surface area contributed by atoms with Gasteiger partial charge in [0, 0.05) is 23.3 Å². The Hall–Kier alpha value is -1.26. The van der Waals surface area contributed by atoms with Crippen LogP contribution in [-0.2, 0) is 6.61 Å². The maximum absolute atomic E-state index is 8.83. The summed E-state index contributed by atoms with van der Waals surface area (Å²) in [5, 5.41) is 11.6. The third kappa shape index (κ3) is 1.74. The van der Waals surface area contributed by atoms with Crippen molar-refractivity contribution in [3.63, 3.8) is 0 Å². The molecule has 2 heterocycles. The minimum Gasteiger partial charge on any atom is -0.390 e. The quantitative estimate of drug-likeness (QED) is 0.787. The number of hydrogen-bond donors (Lipinski definition) is 1. The highest BCUT2D eigenvalue weighted by Gasteiger charge is 2.02. The van der Waals surface area contributed by atoms with Gasteiger partial charge in [-0.1, -0.05) is 0 Å². The monoisotopic (exact) mass is 192 g/mol. The molecular formula is C9H8N2OS. The van der Waals surface area contributed by atoms with E-state index >= 15 is 0 Å². The summed E-state index contributed by atoms with van der Waals surface area (Å²) in [6.07, 6.45) is 3.46. The molecule has 3 nitrogen and oxygen atoms in total. The zero-order chi connectivity index (χ0) is 9.10. The van der Waals surface area contributed by atoms with E-state index in [1.54, 1.807) is 12.4 Å². The van der Waals surface area contributed by atoms with Gasteiger partial charge in [0.1, 0.15) is 5.01 Å². The second kappa shape index (κ2) is 3.64. The first-order chi connectivity index (χ1) is 6.40. The second-order valence-corrected chi connectivity index (χ2v) is 3.40. The van der Waals surface area contributed by atoms with Crippen LogP contribution in [0.4, 0.5) is 0 Å². The van der Waals surface area contributed by atoms with Gasteiger partial charge in [0.2, 0.25) is 0 Å². The molecule has 13 heavy (non-hydrogen) atoms. The van der Waals surface area contributed by atoms with E-state index in [9.17, 15) is 0 Å². The lowest BCUT2D eigenvalue weighted by molar-refractivity contribution is 0.278. The van der Waals surface area contributed by atoms with Crippen LogP contribution in [0.3, 0.4) is 0 Å². The van der Waals surface area contributed by atoms with E-state index in [0.29, 0.717) is 0 Å². The van der Waals surface area contributed by atoms with Crippen LogP contribution in [0.25, 0.3) is 10.6 Å². The molecule has 0 amide bonds. The van der Waals surface area contributed by atoms with Gasteiger partial charge in [0.15, 0.2) is 0 Å². The molecule has 0 saturated carbocycles. The molecule has 1 N–H and O–H groups in total. The number of rotatable bonds is 2. The third-order valence-electron chi connectivity index (χ3n) is 1.64. The second-order valence-electron chi connectivity index (χ2n) is 2.54. The van der Waals surface area contributed by atoms with Gasteiger partial charge < -0.3 is 5.11 Å². The van der Waals surface area contributed by atoms with Crippen molar-refractivity contribution < 1.29 is 5.11 Å². The summed E-state index contributed by atoms with van der Waals surface area (Å²) >= 11 is 1.53. The summed E-state index contributed by atoms with van der Waals surface area (Å²) < 4.78 is 0. The highest BCUT2D eigenvalue weighted by Crippen LogP contribution is 2.22. The fraction of sp³-hybridized carbons (Fsp3) is 0.111. The predicted molar refractivity (Wildman–Crippen MR) is 51.3 cm³/mol. The van der Waals surface area contributed by atoms with Gasteiger partial charge in [0.25, 0.3) is 0 Å². The minimum absolute atomic E-state index is 0.00157. The highest BCUT2D eigenvalue weighted by atomic mass is 32.1. The molecule has 0 atom stereocenters. The number of pyridine rings is 1. The molecule has 2 aromatic rings. The number of thiazole rings is 1. The molecule has 0 aliphatic rings. The molecule has 0 fully saturated rings. The van der Waals surface area contributed by atoms with Crippen LogP contribution in [0.15, 0.2) is 29.9 Å². The lowest BCUT2D eigenvalue weighted by Crippen LogP contribution is -1.82. The molecular weight excluding hydrogens is 184 g/mol. The van der Waals surface area contributed by atoms with Gasteiger partial charge in [-0.05, 0) is 12.1 Å². The van der Waals surface area contributed by atoms with Gasteiger partial charge in [-0.15, -0.1) is 11.3 Å². The molecule has 0 saturated heterocycles. The minimum atomic E-state index is 0.00157. The van der Waals surface area contributed by atoms with Crippen molar-refractivity contribution in [2.24, 2.45) is 0 Å². The SMILES string of the molecule is OCc1csc(-c2ccncc2)n1. The summed E-state index contributed by atoms with van der Waals surface area (Å²) in [6, 6.07) is 3.81. The topological polar surface area (TPSA) is 46.0 Å². The van der Waals surface area contributed by atoms with Gasteiger partial charge in [-0.3, -0.25) is 4.98 Å². The molecule has 66 valence electrons. The molecule has 0 aromatic carbocycles. The average Bonchev–Trinajstić information content (AvgIpc) is 2.67. The van der Waals surface area contributed by atoms with E-state index in [4.69, 9.17) is 5.11 Å². The van der Waals surface area contributed by atoms with Crippen molar-refractivity contribution in [3.8, 4) is 10.6 Å². The fourth-order valence-electron chi connectivity index (χ4n) is 1.01. The van der Waals surface area contributed by atoms with Gasteiger partial charge in [-0.2, -0.15) is 0 Å². The van der Waals surface area contributed by atoms with Crippen LogP contribution in [0, 0.1) is 0 Å². The zero-order valence-electron chi connectivity index (χ0n) is 6.84. The molecule has 2 aromatic heterocycles. The molecule has 2 rings (SSSR count). The van der Waals surface area contributed by atoms with E-state index in [2.05, 4.69) is 9.97 Å². The van der Waals surface area contributed by atoms with Crippen molar-refractivity contribution in [2.45, 2.75) is 6.61 Å². The van der Waals surface area contributed by atoms with Crippen LogP contribution >= 0.6 is 11.3 Å². The zero-order valence-corrected chi connectivity index (χ0v) is 7.66. The first kappa shape index (κ1) is 8.34. The fourth-order valence-corrected chi connectivity index (χ4v) is 1.82. The highest BCUT2D eigenvalue weighted by molar-refractivity contribution is 7.13. The summed E-state index contributed by atoms with van der Waals surface area (Å²) in [4.78, 5) is 8.17. The van der Waals surface area contributed by atoms with Gasteiger partial charge in [-0.25, -0.2) is 4.98 Å². The molecule has 0 aliphatic carbocycles. The Labute approximate surface area is 79.7 Å². The molecule has 0 spiro atoms. The summed E-state index contributed by atoms with van der Waals surface area (Å²) in [5.74, 6) is 0. The summed E-state index contributed by atoms with van der Waals surface area (Å²) in [7, 11) is 0. The van der Waals surface area contributed by atoms with E-state index < -0.39 is 0 Å². The van der Waals surface area contributed by atoms with Crippen LogP contribution in [0.5, 0.6) is 0 Å². The van der Waals surface area contributed by atoms with Gasteiger partial charge >= 0.3 is 0 Å². The molecule has 0 unspecified atom stereocenters. The normalized spacial score (nSPS) is 10.2. The number of nitrogens with zero attached hydrogens (tertiary/aromatic N) is 2. The third-order valence-corrected chi connectivity index (χ3v) is 2.58. The Kier molecular flexibility index (Phi) is 2.33. The standard InChI is InChI=1S/C9H8N2OS/c12-5-8-6-13-9(11-8)7-1-3-10-4-2-7/h1-4,6,12H,5H2. The van der Waals surface area contributed by atoms with E-state index in [1.165, 1.54) is 11.3 Å². The Bertz CT molecular complexity index is 386. The van der Waals surface area contributed by atoms with Crippen molar-refractivity contribution >= 4 is 11.3 Å². The Morgan fingerprint density at radius 3 is 2.69 bits per heavy atom. The Morgan fingerprint density at radius 1 is 1.31 bits per heavy atom. The Balaban J connectivity index is 2.36. The average molecular weight is 192 g/mol. The van der Waals surface area contributed by atoms with Crippen molar-refractivity contribution in [1.29, 1.82) is 0 Å². The first-order valence-corrected chi connectivity index (χ1v) is 4.74. The summed E-state index contributed by atoms with van der Waals surface area (Å²) in [6.45, 7) is 0.00157. The Morgan fingerprint density at radius 2 is 2.08 bits per heavy atom. The maximum Gasteiger partial charge on any atom is 0.123 e. The number of hydrogen-bond acceptors (Lipinski definition) is 4. The maximum atomic E-state index is 8.83. The van der Waals surface area contributed by atoms with Crippen molar-refractivity contribution in [1.82, 2.24) is 9.97 Å². The first-order valence-electron chi connectivity index (χ1n) is 3.86. The van der Waals surface area contributed by atoms with Crippen molar-refractivity contribution in [2.75, 3.05) is 0 Å². The largest absolute Gasteiger partial charge is 0.390 e. The summed E-state index contributed by atoms with van der Waals surface area (Å²) in [5.41, 5.74) is 1.76. The van der Waals surface area contributed by atoms with Crippen LogP contribution in [-0.4, -0.2) is 15.1 Å². The number of aliphatic hydroxyl groups excluding tert-OH is 1. The smallest absolute Gasteiger partial charge is 0.123 e.